The highest BCUT2D eigenvalue weighted by Crippen LogP contribution is 2.35. The molecule has 1 saturated heterocycles. The van der Waals surface area contributed by atoms with Crippen LogP contribution in [0.3, 0.4) is 0 Å². The number of benzene rings is 2. The molecule has 0 spiro atoms. The van der Waals surface area contributed by atoms with Crippen LogP contribution >= 0.6 is 11.3 Å². The molecule has 2 aromatic carbocycles. The molecule has 6 heteroatoms. The smallest absolute Gasteiger partial charge is 0.228 e. The fraction of sp³-hybridized carbons (Fsp3) is 0.217. The number of rotatable bonds is 4. The van der Waals surface area contributed by atoms with Crippen LogP contribution in [0.2, 0.25) is 0 Å². The molecule has 0 aliphatic carbocycles. The van der Waals surface area contributed by atoms with Crippen molar-refractivity contribution in [1.29, 1.82) is 0 Å². The molecule has 3 heterocycles. The van der Waals surface area contributed by atoms with E-state index >= 15 is 0 Å². The van der Waals surface area contributed by atoms with Gasteiger partial charge in [-0.15, -0.1) is 11.3 Å². The molecule has 1 amide bonds. The molecule has 0 radical (unpaired) electrons. The maximum atomic E-state index is 14.1. The first-order chi connectivity index (χ1) is 14.2. The summed E-state index contributed by atoms with van der Waals surface area (Å²) in [7, 11) is 0. The summed E-state index contributed by atoms with van der Waals surface area (Å²) in [6.07, 6.45) is 2.18. The summed E-state index contributed by atoms with van der Waals surface area (Å²) in [4.78, 5) is 20.4. The summed E-state index contributed by atoms with van der Waals surface area (Å²) in [5.74, 6) is 0.392. The van der Waals surface area contributed by atoms with Crippen LogP contribution in [0.25, 0.3) is 22.2 Å². The van der Waals surface area contributed by atoms with Crippen LogP contribution in [0.5, 0.6) is 0 Å². The average Bonchev–Trinajstić information content (AvgIpc) is 3.47. The first kappa shape index (κ1) is 18.1. The Kier molecular flexibility index (Phi) is 4.64. The summed E-state index contributed by atoms with van der Waals surface area (Å²) in [5, 5.41) is 1.98. The average molecular weight is 406 g/mol. The van der Waals surface area contributed by atoms with Crippen LogP contribution < -0.4 is 0 Å². The van der Waals surface area contributed by atoms with Gasteiger partial charge in [0.15, 0.2) is 5.58 Å². The molecule has 1 aliphatic rings. The standard InChI is InChI=1S/C23H19FN2O2S/c24-18-7-2-1-6-17(18)15-9-10-21-19(13-15)25-23(28-21)20-8-3-11-26(20)22(27)14-16-5-4-12-29-16/h1-2,4-7,9-10,12-13,20H,3,8,11,14H2. The minimum atomic E-state index is -0.267. The van der Waals surface area contributed by atoms with Crippen LogP contribution in [-0.2, 0) is 11.2 Å². The molecule has 1 fully saturated rings. The van der Waals surface area contributed by atoms with E-state index in [1.54, 1.807) is 23.5 Å². The van der Waals surface area contributed by atoms with Crippen molar-refractivity contribution in [3.8, 4) is 11.1 Å². The number of oxazole rings is 1. The Bertz CT molecular complexity index is 1170. The van der Waals surface area contributed by atoms with Crippen LogP contribution in [0.1, 0.15) is 29.7 Å². The topological polar surface area (TPSA) is 46.3 Å². The molecular formula is C23H19FN2O2S. The van der Waals surface area contributed by atoms with Gasteiger partial charge in [-0.1, -0.05) is 30.3 Å². The molecular weight excluding hydrogens is 387 g/mol. The van der Waals surface area contributed by atoms with Gasteiger partial charge in [0.2, 0.25) is 11.8 Å². The van der Waals surface area contributed by atoms with Crippen LogP contribution in [0.4, 0.5) is 4.39 Å². The maximum absolute atomic E-state index is 14.1. The van der Waals surface area contributed by atoms with Crippen LogP contribution in [0.15, 0.2) is 64.4 Å². The van der Waals surface area contributed by atoms with Crippen molar-refractivity contribution in [3.05, 3.63) is 76.6 Å². The van der Waals surface area contributed by atoms with Gasteiger partial charge in [-0.25, -0.2) is 9.37 Å². The first-order valence-corrected chi connectivity index (χ1v) is 10.5. The quantitative estimate of drug-likeness (QED) is 0.443. The van der Waals surface area contributed by atoms with Crippen molar-refractivity contribution in [3.63, 3.8) is 0 Å². The Labute approximate surface area is 171 Å². The highest BCUT2D eigenvalue weighted by molar-refractivity contribution is 7.10. The van der Waals surface area contributed by atoms with E-state index in [0.717, 1.165) is 23.3 Å². The monoisotopic (exact) mass is 406 g/mol. The van der Waals surface area contributed by atoms with Gasteiger partial charge in [0, 0.05) is 17.0 Å². The first-order valence-electron chi connectivity index (χ1n) is 9.66. The number of carbonyl (C=O) groups excluding carboxylic acids is 1. The Hall–Kier alpha value is -2.99. The molecule has 29 heavy (non-hydrogen) atoms. The minimum absolute atomic E-state index is 0.101. The Morgan fingerprint density at radius 3 is 2.93 bits per heavy atom. The normalized spacial score (nSPS) is 16.6. The molecule has 0 saturated carbocycles. The summed E-state index contributed by atoms with van der Waals surface area (Å²) < 4.78 is 20.1. The number of carbonyl (C=O) groups is 1. The number of fused-ring (bicyclic) bond motifs is 1. The zero-order chi connectivity index (χ0) is 19.8. The van der Waals surface area contributed by atoms with E-state index < -0.39 is 0 Å². The number of aromatic nitrogens is 1. The molecule has 1 aliphatic heterocycles. The van der Waals surface area contributed by atoms with Gasteiger partial charge >= 0.3 is 0 Å². The highest BCUT2D eigenvalue weighted by Gasteiger charge is 2.33. The number of likely N-dealkylation sites (tertiary alicyclic amines) is 1. The minimum Gasteiger partial charge on any atom is -0.438 e. The third-order valence-electron chi connectivity index (χ3n) is 5.35. The van der Waals surface area contributed by atoms with Gasteiger partial charge in [-0.05, 0) is 48.1 Å². The van der Waals surface area contributed by atoms with Gasteiger partial charge in [0.1, 0.15) is 17.4 Å². The van der Waals surface area contributed by atoms with Gasteiger partial charge in [-0.3, -0.25) is 4.79 Å². The lowest BCUT2D eigenvalue weighted by molar-refractivity contribution is -0.131. The lowest BCUT2D eigenvalue weighted by atomic mass is 10.0. The summed E-state index contributed by atoms with van der Waals surface area (Å²) in [5.41, 5.74) is 2.62. The van der Waals surface area contributed by atoms with Crippen LogP contribution in [0, 0.1) is 5.82 Å². The second-order valence-electron chi connectivity index (χ2n) is 7.22. The fourth-order valence-corrected chi connectivity index (χ4v) is 4.63. The zero-order valence-corrected chi connectivity index (χ0v) is 16.5. The van der Waals surface area contributed by atoms with Gasteiger partial charge in [-0.2, -0.15) is 0 Å². The fourth-order valence-electron chi connectivity index (χ4n) is 3.94. The molecule has 0 bridgehead atoms. The van der Waals surface area contributed by atoms with Crippen LogP contribution in [-0.4, -0.2) is 22.3 Å². The molecule has 0 N–H and O–H groups in total. The van der Waals surface area contributed by atoms with E-state index in [1.807, 2.05) is 46.7 Å². The van der Waals surface area contributed by atoms with Gasteiger partial charge in [0.25, 0.3) is 0 Å². The number of halogens is 1. The molecule has 2 aromatic heterocycles. The van der Waals surface area contributed by atoms with Crippen molar-refractivity contribution >= 4 is 28.3 Å². The van der Waals surface area contributed by atoms with E-state index in [-0.39, 0.29) is 17.8 Å². The number of hydrogen-bond acceptors (Lipinski definition) is 4. The van der Waals surface area contributed by atoms with Gasteiger partial charge < -0.3 is 9.32 Å². The molecule has 146 valence electrons. The Morgan fingerprint density at radius 2 is 2.10 bits per heavy atom. The van der Waals surface area contributed by atoms with Gasteiger partial charge in [0.05, 0.1) is 6.42 Å². The van der Waals surface area contributed by atoms with Crippen molar-refractivity contribution in [1.82, 2.24) is 9.88 Å². The number of hydrogen-bond donors (Lipinski definition) is 0. The zero-order valence-electron chi connectivity index (χ0n) is 15.7. The SMILES string of the molecule is O=C(Cc1cccs1)N1CCCC1c1nc2cc(-c3ccccc3F)ccc2o1. The van der Waals surface area contributed by atoms with E-state index in [9.17, 15) is 9.18 Å². The van der Waals surface area contributed by atoms with E-state index in [2.05, 4.69) is 4.98 Å². The Balaban J connectivity index is 1.44. The lowest BCUT2D eigenvalue weighted by Gasteiger charge is -2.22. The lowest BCUT2D eigenvalue weighted by Crippen LogP contribution is -2.31. The van der Waals surface area contributed by atoms with Crippen molar-refractivity contribution in [2.75, 3.05) is 6.54 Å². The summed E-state index contributed by atoms with van der Waals surface area (Å²) in [6.45, 7) is 0.716. The largest absolute Gasteiger partial charge is 0.438 e. The Morgan fingerprint density at radius 1 is 1.21 bits per heavy atom. The molecule has 4 nitrogen and oxygen atoms in total. The van der Waals surface area contributed by atoms with E-state index in [4.69, 9.17) is 4.42 Å². The van der Waals surface area contributed by atoms with Crippen molar-refractivity contribution in [2.24, 2.45) is 0 Å². The van der Waals surface area contributed by atoms with E-state index in [1.165, 1.54) is 6.07 Å². The third-order valence-corrected chi connectivity index (χ3v) is 6.23. The second-order valence-corrected chi connectivity index (χ2v) is 8.25. The number of nitrogens with zero attached hydrogens (tertiary/aromatic N) is 2. The molecule has 1 unspecified atom stereocenters. The second kappa shape index (κ2) is 7.44. The molecule has 5 rings (SSSR count). The predicted octanol–water partition coefficient (Wildman–Crippen LogP) is 5.60. The maximum Gasteiger partial charge on any atom is 0.228 e. The number of amides is 1. The number of thiophene rings is 1. The summed E-state index contributed by atoms with van der Waals surface area (Å²) >= 11 is 1.59. The van der Waals surface area contributed by atoms with Crippen molar-refractivity contribution < 1.29 is 13.6 Å². The summed E-state index contributed by atoms with van der Waals surface area (Å²) in [6, 6.07) is 16.0. The molecule has 4 aromatic rings. The molecule has 1 atom stereocenters. The van der Waals surface area contributed by atoms with E-state index in [0.29, 0.717) is 35.5 Å². The third kappa shape index (κ3) is 3.44. The highest BCUT2D eigenvalue weighted by atomic mass is 32.1. The predicted molar refractivity (Wildman–Crippen MR) is 111 cm³/mol. The van der Waals surface area contributed by atoms with Crippen molar-refractivity contribution in [2.45, 2.75) is 25.3 Å².